The van der Waals surface area contributed by atoms with E-state index in [9.17, 15) is 0 Å². The first-order valence-corrected chi connectivity index (χ1v) is 9.99. The summed E-state index contributed by atoms with van der Waals surface area (Å²) in [5.74, 6) is 2.61. The van der Waals surface area contributed by atoms with Crippen LogP contribution in [0.5, 0.6) is 0 Å². The fourth-order valence-electron chi connectivity index (χ4n) is 4.35. The first-order chi connectivity index (χ1) is 12.8. The monoisotopic (exact) mass is 358 g/mol. The number of rotatable bonds is 7. The van der Waals surface area contributed by atoms with E-state index in [4.69, 9.17) is 4.74 Å². The molecule has 0 radical (unpaired) electrons. The molecule has 2 saturated heterocycles. The molecule has 7 nitrogen and oxygen atoms in total. The minimum absolute atomic E-state index is 0.503. The normalized spacial score (nSPS) is 19.7. The lowest BCUT2D eigenvalue weighted by molar-refractivity contribution is 0.181. The highest BCUT2D eigenvalue weighted by atomic mass is 16.5. The zero-order chi connectivity index (χ0) is 17.8. The average molecular weight is 358 g/mol. The Labute approximate surface area is 155 Å². The van der Waals surface area contributed by atoms with Crippen LogP contribution < -0.4 is 4.90 Å². The average Bonchev–Trinajstić information content (AvgIpc) is 3.33. The number of anilines is 1. The summed E-state index contributed by atoms with van der Waals surface area (Å²) >= 11 is 0. The predicted octanol–water partition coefficient (Wildman–Crippen LogP) is 2.36. The van der Waals surface area contributed by atoms with E-state index in [0.717, 1.165) is 30.5 Å². The minimum atomic E-state index is 0.503. The highest BCUT2D eigenvalue weighted by Gasteiger charge is 2.22. The third-order valence-corrected chi connectivity index (χ3v) is 5.80. The zero-order valence-electron chi connectivity index (χ0n) is 15.8. The van der Waals surface area contributed by atoms with Gasteiger partial charge in [-0.05, 0) is 64.1 Å². The summed E-state index contributed by atoms with van der Waals surface area (Å²) in [6.07, 6.45) is 9.61. The molecule has 0 aliphatic carbocycles. The van der Waals surface area contributed by atoms with Crippen molar-refractivity contribution in [2.45, 2.75) is 45.1 Å². The van der Waals surface area contributed by atoms with Crippen LogP contribution >= 0.6 is 0 Å². The molecule has 0 unspecified atom stereocenters. The molecule has 0 amide bonds. The molecular formula is C19H30N6O. The summed E-state index contributed by atoms with van der Waals surface area (Å²) in [6.45, 7) is 6.60. The van der Waals surface area contributed by atoms with Crippen molar-refractivity contribution in [3.63, 3.8) is 0 Å². The van der Waals surface area contributed by atoms with Crippen LogP contribution in [0.15, 0.2) is 12.4 Å². The number of hydrogen-bond acceptors (Lipinski definition) is 6. The SMILES string of the molecule is COCc1cc(N2CCC(CCCN3CCCC3)CC2)n2ncnc2n1. The summed E-state index contributed by atoms with van der Waals surface area (Å²) in [5.41, 5.74) is 0.913. The summed E-state index contributed by atoms with van der Waals surface area (Å²) in [7, 11) is 1.70. The number of aromatic nitrogens is 4. The van der Waals surface area contributed by atoms with Crippen LogP contribution in [0.1, 0.15) is 44.2 Å². The van der Waals surface area contributed by atoms with Crippen molar-refractivity contribution in [3.8, 4) is 0 Å². The third-order valence-electron chi connectivity index (χ3n) is 5.80. The lowest BCUT2D eigenvalue weighted by Gasteiger charge is -2.33. The van der Waals surface area contributed by atoms with Gasteiger partial charge in [-0.25, -0.2) is 4.98 Å². The van der Waals surface area contributed by atoms with Gasteiger partial charge in [0.1, 0.15) is 12.1 Å². The largest absolute Gasteiger partial charge is 0.378 e. The maximum Gasteiger partial charge on any atom is 0.254 e. The van der Waals surface area contributed by atoms with Crippen LogP contribution in [0, 0.1) is 5.92 Å². The molecule has 0 atom stereocenters. The van der Waals surface area contributed by atoms with Crippen molar-refractivity contribution in [1.29, 1.82) is 0 Å². The Morgan fingerprint density at radius 3 is 2.73 bits per heavy atom. The van der Waals surface area contributed by atoms with Gasteiger partial charge >= 0.3 is 0 Å². The van der Waals surface area contributed by atoms with E-state index in [1.807, 2.05) is 4.52 Å². The van der Waals surface area contributed by atoms with Gasteiger partial charge in [-0.15, -0.1) is 0 Å². The molecule has 2 fully saturated rings. The standard InChI is InChI=1S/C19H30N6O/c1-26-14-17-13-18(25-19(22-17)20-15-21-25)24-11-6-16(7-12-24)5-4-10-23-8-2-3-9-23/h13,15-16H,2-12,14H2,1H3. The molecule has 7 heteroatoms. The number of piperidine rings is 1. The minimum Gasteiger partial charge on any atom is -0.378 e. The second-order valence-corrected chi connectivity index (χ2v) is 7.63. The van der Waals surface area contributed by atoms with Crippen LogP contribution in [0.4, 0.5) is 5.82 Å². The number of hydrogen-bond donors (Lipinski definition) is 0. The van der Waals surface area contributed by atoms with E-state index in [1.165, 1.54) is 58.2 Å². The molecule has 2 aromatic heterocycles. The Balaban J connectivity index is 1.34. The van der Waals surface area contributed by atoms with Crippen molar-refractivity contribution < 1.29 is 4.74 Å². The molecule has 0 saturated carbocycles. The van der Waals surface area contributed by atoms with E-state index < -0.39 is 0 Å². The molecule has 0 spiro atoms. The van der Waals surface area contributed by atoms with E-state index in [0.29, 0.717) is 12.4 Å². The fourth-order valence-corrected chi connectivity index (χ4v) is 4.35. The third kappa shape index (κ3) is 3.99. The van der Waals surface area contributed by atoms with Gasteiger partial charge in [-0.2, -0.15) is 14.6 Å². The van der Waals surface area contributed by atoms with Crippen LogP contribution in [-0.2, 0) is 11.3 Å². The predicted molar refractivity (Wildman–Crippen MR) is 101 cm³/mol. The summed E-state index contributed by atoms with van der Waals surface area (Å²) in [5, 5.41) is 4.36. The van der Waals surface area contributed by atoms with Crippen molar-refractivity contribution >= 4 is 11.6 Å². The van der Waals surface area contributed by atoms with Gasteiger partial charge in [0.05, 0.1) is 12.3 Å². The van der Waals surface area contributed by atoms with Gasteiger partial charge in [0, 0.05) is 26.3 Å². The van der Waals surface area contributed by atoms with Gasteiger partial charge in [0.2, 0.25) is 0 Å². The Kier molecular flexibility index (Phi) is 5.65. The van der Waals surface area contributed by atoms with Gasteiger partial charge in [-0.1, -0.05) is 0 Å². The highest BCUT2D eigenvalue weighted by molar-refractivity contribution is 5.47. The van der Waals surface area contributed by atoms with E-state index in [1.54, 1.807) is 13.4 Å². The number of methoxy groups -OCH3 is 1. The Hall–Kier alpha value is -1.73. The van der Waals surface area contributed by atoms with Crippen molar-refractivity contribution in [1.82, 2.24) is 24.5 Å². The second kappa shape index (κ2) is 8.31. The molecular weight excluding hydrogens is 328 g/mol. The van der Waals surface area contributed by atoms with Crippen LogP contribution in [0.25, 0.3) is 5.78 Å². The van der Waals surface area contributed by atoms with Gasteiger partial charge in [0.25, 0.3) is 5.78 Å². The second-order valence-electron chi connectivity index (χ2n) is 7.63. The molecule has 2 aliphatic heterocycles. The molecule has 26 heavy (non-hydrogen) atoms. The Bertz CT molecular complexity index is 703. The Morgan fingerprint density at radius 2 is 1.96 bits per heavy atom. The smallest absolute Gasteiger partial charge is 0.254 e. The molecule has 142 valence electrons. The molecule has 0 bridgehead atoms. The van der Waals surface area contributed by atoms with Gasteiger partial charge < -0.3 is 14.5 Å². The van der Waals surface area contributed by atoms with Crippen molar-refractivity contribution in [3.05, 3.63) is 18.1 Å². The highest BCUT2D eigenvalue weighted by Crippen LogP contribution is 2.27. The van der Waals surface area contributed by atoms with Gasteiger partial charge in [0.15, 0.2) is 0 Å². The molecule has 0 N–H and O–H groups in total. The summed E-state index contributed by atoms with van der Waals surface area (Å²) in [4.78, 5) is 13.8. The molecule has 2 aliphatic rings. The Morgan fingerprint density at radius 1 is 1.15 bits per heavy atom. The maximum absolute atomic E-state index is 5.26. The van der Waals surface area contributed by atoms with E-state index in [-0.39, 0.29) is 0 Å². The van der Waals surface area contributed by atoms with Crippen LogP contribution in [0.3, 0.4) is 0 Å². The zero-order valence-corrected chi connectivity index (χ0v) is 15.8. The molecule has 4 rings (SSSR count). The van der Waals surface area contributed by atoms with Gasteiger partial charge in [-0.3, -0.25) is 0 Å². The summed E-state index contributed by atoms with van der Waals surface area (Å²) < 4.78 is 7.11. The lowest BCUT2D eigenvalue weighted by Crippen LogP contribution is -2.35. The fraction of sp³-hybridized carbons (Fsp3) is 0.737. The van der Waals surface area contributed by atoms with Crippen LogP contribution in [0.2, 0.25) is 0 Å². The quantitative estimate of drug-likeness (QED) is 0.757. The topological polar surface area (TPSA) is 58.8 Å². The van der Waals surface area contributed by atoms with Crippen LogP contribution in [-0.4, -0.2) is 64.3 Å². The maximum atomic E-state index is 5.26. The first-order valence-electron chi connectivity index (χ1n) is 9.99. The van der Waals surface area contributed by atoms with Crippen molar-refractivity contribution in [2.75, 3.05) is 44.7 Å². The van der Waals surface area contributed by atoms with E-state index in [2.05, 4.69) is 30.9 Å². The summed E-state index contributed by atoms with van der Waals surface area (Å²) in [6, 6.07) is 2.10. The first kappa shape index (κ1) is 17.7. The molecule has 2 aromatic rings. The molecule has 0 aromatic carbocycles. The molecule has 4 heterocycles. The van der Waals surface area contributed by atoms with E-state index >= 15 is 0 Å². The number of ether oxygens (including phenoxy) is 1. The lowest BCUT2D eigenvalue weighted by atomic mass is 9.92. The number of fused-ring (bicyclic) bond motifs is 1. The van der Waals surface area contributed by atoms with Crippen molar-refractivity contribution in [2.24, 2.45) is 5.92 Å². The number of nitrogens with zero attached hydrogens (tertiary/aromatic N) is 6. The number of likely N-dealkylation sites (tertiary alicyclic amines) is 1.